The van der Waals surface area contributed by atoms with Gasteiger partial charge in [0.05, 0.1) is 16.5 Å². The second-order valence-corrected chi connectivity index (χ2v) is 19.7. The standard InChI is InChI=1S/C63H53NO/c1-61(2,3)54-30-18-31-55(62(4,5)6)59(54)43-34-37-47(38-35-43)64(56-32-19-33-58-60(56)51-40-44(36-39-57(51)65-58)42-20-9-7-10-21-42)48-25-17-24-46(41-48)63(45-22-11-8-12-23-45)52-28-15-13-26-49(52)50-27-14-16-29-53(50)63/h7-41H,1-6H3. The summed E-state index contributed by atoms with van der Waals surface area (Å²) < 4.78 is 6.70. The summed E-state index contributed by atoms with van der Waals surface area (Å²) in [5.41, 5.74) is 19.5. The van der Waals surface area contributed by atoms with E-state index in [0.717, 1.165) is 44.6 Å². The number of anilines is 3. The van der Waals surface area contributed by atoms with Gasteiger partial charge in [-0.25, -0.2) is 0 Å². The van der Waals surface area contributed by atoms with Gasteiger partial charge in [-0.2, -0.15) is 0 Å². The molecule has 0 saturated heterocycles. The molecule has 1 aromatic heterocycles. The Kier molecular flexibility index (Phi) is 9.55. The van der Waals surface area contributed by atoms with Gasteiger partial charge in [0.15, 0.2) is 0 Å². The lowest BCUT2D eigenvalue weighted by molar-refractivity contribution is 0.572. The highest BCUT2D eigenvalue weighted by Gasteiger charge is 2.46. The van der Waals surface area contributed by atoms with E-state index in [1.807, 2.05) is 0 Å². The van der Waals surface area contributed by atoms with Gasteiger partial charge in [-0.05, 0) is 126 Å². The van der Waals surface area contributed by atoms with E-state index < -0.39 is 5.41 Å². The molecule has 0 saturated carbocycles. The van der Waals surface area contributed by atoms with E-state index in [1.165, 1.54) is 61.2 Å². The SMILES string of the molecule is CC(C)(C)c1cccc(C(C)(C)C)c1-c1ccc(N(c2cccc(C3(c4ccccc4)c4ccccc4-c4ccccc43)c2)c2cccc3oc4ccc(-c5ccccc5)cc4c23)cc1. The molecule has 0 unspecified atom stereocenters. The summed E-state index contributed by atoms with van der Waals surface area (Å²) in [5.74, 6) is 0. The molecule has 0 amide bonds. The fraction of sp³-hybridized carbons (Fsp3) is 0.143. The lowest BCUT2D eigenvalue weighted by Gasteiger charge is -2.35. The fourth-order valence-corrected chi connectivity index (χ4v) is 10.7. The van der Waals surface area contributed by atoms with Crippen molar-refractivity contribution in [1.29, 1.82) is 0 Å². The van der Waals surface area contributed by atoms with Crippen LogP contribution in [0.3, 0.4) is 0 Å². The second-order valence-electron chi connectivity index (χ2n) is 19.7. The van der Waals surface area contributed by atoms with Gasteiger partial charge in [0.1, 0.15) is 11.2 Å². The Bertz CT molecular complexity index is 3300. The zero-order valence-corrected chi connectivity index (χ0v) is 38.1. The quantitative estimate of drug-likeness (QED) is 0.159. The van der Waals surface area contributed by atoms with Crippen LogP contribution in [0.4, 0.5) is 17.1 Å². The van der Waals surface area contributed by atoms with Crippen molar-refractivity contribution in [2.24, 2.45) is 0 Å². The topological polar surface area (TPSA) is 16.4 Å². The number of furan rings is 1. The van der Waals surface area contributed by atoms with Crippen molar-refractivity contribution < 1.29 is 4.42 Å². The van der Waals surface area contributed by atoms with Gasteiger partial charge in [0, 0.05) is 16.8 Å². The average Bonchev–Trinajstić information content (AvgIpc) is 3.86. The lowest BCUT2D eigenvalue weighted by atomic mass is 9.67. The molecule has 0 atom stereocenters. The molecule has 1 aliphatic rings. The Hall–Kier alpha value is -7.42. The molecule has 1 heterocycles. The van der Waals surface area contributed by atoms with E-state index in [9.17, 15) is 0 Å². The van der Waals surface area contributed by atoms with Gasteiger partial charge in [-0.1, -0.05) is 205 Å². The maximum atomic E-state index is 6.70. The van der Waals surface area contributed by atoms with Crippen LogP contribution in [0.2, 0.25) is 0 Å². The van der Waals surface area contributed by atoms with Crippen molar-refractivity contribution >= 4 is 39.0 Å². The maximum Gasteiger partial charge on any atom is 0.137 e. The Morgan fingerprint density at radius 1 is 0.400 bits per heavy atom. The predicted octanol–water partition coefficient (Wildman–Crippen LogP) is 17.3. The highest BCUT2D eigenvalue weighted by molar-refractivity contribution is 6.14. The minimum atomic E-state index is -0.543. The fourth-order valence-electron chi connectivity index (χ4n) is 10.7. The van der Waals surface area contributed by atoms with Crippen molar-refractivity contribution in [3.63, 3.8) is 0 Å². The number of fused-ring (bicyclic) bond motifs is 6. The Labute approximate surface area is 383 Å². The van der Waals surface area contributed by atoms with Crippen LogP contribution in [-0.4, -0.2) is 0 Å². The van der Waals surface area contributed by atoms with Crippen LogP contribution in [0.5, 0.6) is 0 Å². The van der Waals surface area contributed by atoms with Crippen molar-refractivity contribution in [2.75, 3.05) is 4.90 Å². The molecule has 10 aromatic rings. The van der Waals surface area contributed by atoms with E-state index in [0.29, 0.717) is 0 Å². The van der Waals surface area contributed by atoms with E-state index in [-0.39, 0.29) is 10.8 Å². The third-order valence-electron chi connectivity index (χ3n) is 13.6. The summed E-state index contributed by atoms with van der Waals surface area (Å²) in [6, 6.07) is 78.2. The lowest BCUT2D eigenvalue weighted by Crippen LogP contribution is -2.28. The van der Waals surface area contributed by atoms with E-state index in [1.54, 1.807) is 0 Å². The number of hydrogen-bond donors (Lipinski definition) is 0. The molecule has 0 aliphatic heterocycles. The summed E-state index contributed by atoms with van der Waals surface area (Å²) in [4.78, 5) is 2.45. The molecule has 0 N–H and O–H groups in total. The normalized spacial score (nSPS) is 13.2. The van der Waals surface area contributed by atoms with Gasteiger partial charge < -0.3 is 9.32 Å². The number of nitrogens with zero attached hydrogens (tertiary/aromatic N) is 1. The van der Waals surface area contributed by atoms with Gasteiger partial charge in [-0.3, -0.25) is 0 Å². The Morgan fingerprint density at radius 2 is 0.954 bits per heavy atom. The minimum Gasteiger partial charge on any atom is -0.456 e. The van der Waals surface area contributed by atoms with Crippen LogP contribution in [-0.2, 0) is 16.2 Å². The molecule has 9 aromatic carbocycles. The highest BCUT2D eigenvalue weighted by Crippen LogP contribution is 2.57. The first-order valence-corrected chi connectivity index (χ1v) is 22.9. The molecule has 11 rings (SSSR count). The molecule has 1 aliphatic carbocycles. The van der Waals surface area contributed by atoms with E-state index in [2.05, 4.69) is 259 Å². The summed E-state index contributed by atoms with van der Waals surface area (Å²) in [6.07, 6.45) is 0. The smallest absolute Gasteiger partial charge is 0.137 e. The monoisotopic (exact) mass is 839 g/mol. The van der Waals surface area contributed by atoms with Crippen LogP contribution in [0.25, 0.3) is 55.3 Å². The number of rotatable bonds is 7. The molecule has 316 valence electrons. The Balaban J connectivity index is 1.17. The number of benzene rings is 9. The van der Waals surface area contributed by atoms with E-state index >= 15 is 0 Å². The number of hydrogen-bond acceptors (Lipinski definition) is 2. The van der Waals surface area contributed by atoms with Crippen LogP contribution in [0.1, 0.15) is 74.9 Å². The summed E-state index contributed by atoms with van der Waals surface area (Å²) in [6.45, 7) is 13.9. The average molecular weight is 840 g/mol. The van der Waals surface area contributed by atoms with Crippen LogP contribution in [0, 0.1) is 0 Å². The first-order valence-electron chi connectivity index (χ1n) is 22.9. The zero-order chi connectivity index (χ0) is 44.5. The van der Waals surface area contributed by atoms with Gasteiger partial charge >= 0.3 is 0 Å². The minimum absolute atomic E-state index is 0.0372. The molecule has 0 bridgehead atoms. The summed E-state index contributed by atoms with van der Waals surface area (Å²) in [5, 5.41) is 2.17. The molecule has 0 radical (unpaired) electrons. The predicted molar refractivity (Wildman–Crippen MR) is 274 cm³/mol. The van der Waals surface area contributed by atoms with Crippen LogP contribution in [0.15, 0.2) is 217 Å². The van der Waals surface area contributed by atoms with Gasteiger partial charge in [0.25, 0.3) is 0 Å². The first kappa shape index (κ1) is 40.4. The molecule has 2 heteroatoms. The van der Waals surface area contributed by atoms with Crippen LogP contribution < -0.4 is 4.90 Å². The molecule has 0 fully saturated rings. The third-order valence-corrected chi connectivity index (χ3v) is 13.6. The largest absolute Gasteiger partial charge is 0.456 e. The maximum absolute atomic E-state index is 6.70. The van der Waals surface area contributed by atoms with Crippen molar-refractivity contribution in [3.8, 4) is 33.4 Å². The van der Waals surface area contributed by atoms with Crippen molar-refractivity contribution in [2.45, 2.75) is 57.8 Å². The third kappa shape index (κ3) is 6.62. The molecular formula is C63H53NO. The van der Waals surface area contributed by atoms with Gasteiger partial charge in [-0.15, -0.1) is 0 Å². The summed E-state index contributed by atoms with van der Waals surface area (Å²) >= 11 is 0. The zero-order valence-electron chi connectivity index (χ0n) is 38.1. The van der Waals surface area contributed by atoms with E-state index in [4.69, 9.17) is 4.42 Å². The van der Waals surface area contributed by atoms with Gasteiger partial charge in [0.2, 0.25) is 0 Å². The Morgan fingerprint density at radius 3 is 1.60 bits per heavy atom. The highest BCUT2D eigenvalue weighted by atomic mass is 16.3. The molecule has 2 nitrogen and oxygen atoms in total. The second kappa shape index (κ2) is 15.4. The van der Waals surface area contributed by atoms with Crippen LogP contribution >= 0.6 is 0 Å². The van der Waals surface area contributed by atoms with Crippen molar-refractivity contribution in [1.82, 2.24) is 0 Å². The summed E-state index contributed by atoms with van der Waals surface area (Å²) in [7, 11) is 0. The molecular weight excluding hydrogens is 787 g/mol. The van der Waals surface area contributed by atoms with Crippen molar-refractivity contribution in [3.05, 3.63) is 246 Å². The molecule has 0 spiro atoms. The molecule has 65 heavy (non-hydrogen) atoms. The first-order chi connectivity index (χ1) is 31.5.